The second-order valence-electron chi connectivity index (χ2n) is 3.59. The molecule has 3 nitrogen and oxygen atoms in total. The average Bonchev–Trinajstić information content (AvgIpc) is 2.15. The fourth-order valence-corrected chi connectivity index (χ4v) is 1.75. The number of hydrogen-bond donors (Lipinski definition) is 2. The minimum atomic E-state index is -0.336. The fourth-order valence-electron chi connectivity index (χ4n) is 1.16. The van der Waals surface area contributed by atoms with Gasteiger partial charge >= 0.3 is 0 Å². The summed E-state index contributed by atoms with van der Waals surface area (Å²) in [4.78, 5) is 11.5. The first-order chi connectivity index (χ1) is 6.61. The van der Waals surface area contributed by atoms with E-state index in [1.165, 1.54) is 0 Å². The van der Waals surface area contributed by atoms with Crippen LogP contribution in [0.1, 0.15) is 33.1 Å². The van der Waals surface area contributed by atoms with Crippen molar-refractivity contribution >= 4 is 17.7 Å². The van der Waals surface area contributed by atoms with E-state index in [9.17, 15) is 4.79 Å². The second kappa shape index (κ2) is 8.12. The van der Waals surface area contributed by atoms with Crippen LogP contribution in [0.3, 0.4) is 0 Å². The number of rotatable bonds is 7. The molecular formula is C10H22N2OS. The van der Waals surface area contributed by atoms with E-state index in [0.29, 0.717) is 0 Å². The van der Waals surface area contributed by atoms with Crippen LogP contribution in [-0.2, 0) is 4.79 Å². The van der Waals surface area contributed by atoms with E-state index in [0.717, 1.165) is 25.0 Å². The molecule has 2 atom stereocenters. The molecule has 0 saturated heterocycles. The zero-order valence-corrected chi connectivity index (χ0v) is 10.2. The highest BCUT2D eigenvalue weighted by Gasteiger charge is 2.13. The van der Waals surface area contributed by atoms with Crippen molar-refractivity contribution in [1.82, 2.24) is 5.32 Å². The van der Waals surface area contributed by atoms with Gasteiger partial charge in [-0.25, -0.2) is 0 Å². The van der Waals surface area contributed by atoms with E-state index in [-0.39, 0.29) is 18.0 Å². The summed E-state index contributed by atoms with van der Waals surface area (Å²) in [5, 5.41) is 2.92. The minimum absolute atomic E-state index is 0.0135. The summed E-state index contributed by atoms with van der Waals surface area (Å²) in [5.41, 5.74) is 5.69. The molecule has 1 unspecified atom stereocenters. The van der Waals surface area contributed by atoms with Crippen molar-refractivity contribution in [3.8, 4) is 0 Å². The first-order valence-corrected chi connectivity index (χ1v) is 6.56. The molecule has 0 spiro atoms. The van der Waals surface area contributed by atoms with Crippen LogP contribution in [0, 0.1) is 0 Å². The maximum Gasteiger partial charge on any atom is 0.237 e. The van der Waals surface area contributed by atoms with Crippen LogP contribution < -0.4 is 11.1 Å². The van der Waals surface area contributed by atoms with Gasteiger partial charge in [-0.15, -0.1) is 0 Å². The molecule has 0 aromatic carbocycles. The van der Waals surface area contributed by atoms with E-state index in [4.69, 9.17) is 5.73 Å². The lowest BCUT2D eigenvalue weighted by Crippen LogP contribution is -2.44. The summed E-state index contributed by atoms with van der Waals surface area (Å²) in [6.45, 7) is 4.05. The van der Waals surface area contributed by atoms with Crippen LogP contribution >= 0.6 is 11.8 Å². The molecule has 0 aliphatic carbocycles. The number of carbonyl (C=O) groups is 1. The van der Waals surface area contributed by atoms with Crippen molar-refractivity contribution in [1.29, 1.82) is 0 Å². The van der Waals surface area contributed by atoms with Crippen LogP contribution in [0.5, 0.6) is 0 Å². The maximum atomic E-state index is 11.5. The molecule has 14 heavy (non-hydrogen) atoms. The number of nitrogens with one attached hydrogen (secondary N) is 1. The van der Waals surface area contributed by atoms with Crippen LogP contribution in [0.2, 0.25) is 0 Å². The van der Waals surface area contributed by atoms with Gasteiger partial charge in [0.2, 0.25) is 5.91 Å². The Morgan fingerprint density at radius 2 is 2.14 bits per heavy atom. The first kappa shape index (κ1) is 13.8. The van der Waals surface area contributed by atoms with Crippen LogP contribution in [0.15, 0.2) is 0 Å². The van der Waals surface area contributed by atoms with Crippen LogP contribution in [-0.4, -0.2) is 30.0 Å². The molecule has 84 valence electrons. The number of thioether (sulfide) groups is 1. The molecule has 0 aromatic heterocycles. The molecular weight excluding hydrogens is 196 g/mol. The molecule has 1 amide bonds. The van der Waals surface area contributed by atoms with Gasteiger partial charge in [0.15, 0.2) is 0 Å². The standard InChI is InChI=1S/C10H22N2OS/c1-4-5-9(11)10(13)12-8(2)6-7-14-3/h8-9H,4-7,11H2,1-3H3,(H,12,13)/t8?,9-/m1/s1. The third-order valence-electron chi connectivity index (χ3n) is 2.08. The van der Waals surface area contributed by atoms with Crippen molar-refractivity contribution in [2.45, 2.75) is 45.2 Å². The van der Waals surface area contributed by atoms with E-state index >= 15 is 0 Å². The quantitative estimate of drug-likeness (QED) is 0.678. The molecule has 3 N–H and O–H groups in total. The van der Waals surface area contributed by atoms with E-state index < -0.39 is 0 Å². The monoisotopic (exact) mass is 218 g/mol. The van der Waals surface area contributed by atoms with E-state index in [2.05, 4.69) is 11.6 Å². The highest BCUT2D eigenvalue weighted by Crippen LogP contribution is 2.01. The Bertz CT molecular complexity index is 164. The van der Waals surface area contributed by atoms with Gasteiger partial charge in [-0.05, 0) is 31.8 Å². The van der Waals surface area contributed by atoms with Gasteiger partial charge in [0.25, 0.3) is 0 Å². The van der Waals surface area contributed by atoms with Gasteiger partial charge in [0, 0.05) is 6.04 Å². The lowest BCUT2D eigenvalue weighted by molar-refractivity contribution is -0.123. The lowest BCUT2D eigenvalue weighted by Gasteiger charge is -2.16. The molecule has 0 heterocycles. The minimum Gasteiger partial charge on any atom is -0.352 e. The zero-order chi connectivity index (χ0) is 11.0. The van der Waals surface area contributed by atoms with Crippen LogP contribution in [0.4, 0.5) is 0 Å². The van der Waals surface area contributed by atoms with Gasteiger partial charge in [-0.3, -0.25) is 4.79 Å². The Morgan fingerprint density at radius 3 is 2.64 bits per heavy atom. The Kier molecular flexibility index (Phi) is 7.99. The molecule has 0 aliphatic rings. The van der Waals surface area contributed by atoms with Crippen molar-refractivity contribution in [2.75, 3.05) is 12.0 Å². The lowest BCUT2D eigenvalue weighted by atomic mass is 10.1. The Labute approximate surface area is 91.2 Å². The summed E-state index contributed by atoms with van der Waals surface area (Å²) < 4.78 is 0. The molecule has 0 saturated carbocycles. The normalized spacial score (nSPS) is 14.9. The molecule has 4 heteroatoms. The van der Waals surface area contributed by atoms with Gasteiger partial charge in [0.1, 0.15) is 0 Å². The van der Waals surface area contributed by atoms with Crippen molar-refractivity contribution in [2.24, 2.45) is 5.73 Å². The predicted molar refractivity (Wildman–Crippen MR) is 63.5 cm³/mol. The number of nitrogens with two attached hydrogens (primary N) is 1. The summed E-state index contributed by atoms with van der Waals surface area (Å²) in [7, 11) is 0. The third-order valence-corrected chi connectivity index (χ3v) is 2.72. The largest absolute Gasteiger partial charge is 0.352 e. The average molecular weight is 218 g/mol. The summed E-state index contributed by atoms with van der Waals surface area (Å²) in [6.07, 6.45) is 4.79. The molecule has 0 radical (unpaired) electrons. The van der Waals surface area contributed by atoms with Gasteiger partial charge in [0.05, 0.1) is 6.04 Å². The van der Waals surface area contributed by atoms with Gasteiger partial charge < -0.3 is 11.1 Å². The molecule has 0 aromatic rings. The van der Waals surface area contributed by atoms with Gasteiger partial charge in [-0.1, -0.05) is 13.3 Å². The number of amides is 1. The Morgan fingerprint density at radius 1 is 1.50 bits per heavy atom. The van der Waals surface area contributed by atoms with Crippen molar-refractivity contribution in [3.63, 3.8) is 0 Å². The highest BCUT2D eigenvalue weighted by atomic mass is 32.2. The Hall–Kier alpha value is -0.220. The first-order valence-electron chi connectivity index (χ1n) is 5.16. The van der Waals surface area contributed by atoms with Crippen LogP contribution in [0.25, 0.3) is 0 Å². The van der Waals surface area contributed by atoms with E-state index in [1.807, 2.05) is 13.8 Å². The molecule has 0 fully saturated rings. The second-order valence-corrected chi connectivity index (χ2v) is 4.57. The molecule has 0 rings (SSSR count). The van der Waals surface area contributed by atoms with Crippen molar-refractivity contribution in [3.05, 3.63) is 0 Å². The summed E-state index contributed by atoms with van der Waals surface area (Å²) in [6, 6.07) is -0.102. The number of hydrogen-bond acceptors (Lipinski definition) is 3. The van der Waals surface area contributed by atoms with Gasteiger partial charge in [-0.2, -0.15) is 11.8 Å². The SMILES string of the molecule is CCC[C@@H](N)C(=O)NC(C)CCSC. The zero-order valence-electron chi connectivity index (χ0n) is 9.38. The maximum absolute atomic E-state index is 11.5. The highest BCUT2D eigenvalue weighted by molar-refractivity contribution is 7.98. The summed E-state index contributed by atoms with van der Waals surface area (Å²) >= 11 is 1.79. The van der Waals surface area contributed by atoms with E-state index in [1.54, 1.807) is 11.8 Å². The van der Waals surface area contributed by atoms with Crippen molar-refractivity contribution < 1.29 is 4.79 Å². The smallest absolute Gasteiger partial charge is 0.237 e. The predicted octanol–water partition coefficient (Wildman–Crippen LogP) is 1.37. The number of carbonyl (C=O) groups excluding carboxylic acids is 1. The molecule has 0 bridgehead atoms. The molecule has 0 aliphatic heterocycles. The summed E-state index contributed by atoms with van der Waals surface area (Å²) in [5.74, 6) is 1.06. The fraction of sp³-hybridized carbons (Fsp3) is 0.900. The third kappa shape index (κ3) is 6.27. The topological polar surface area (TPSA) is 55.1 Å². The Balaban J connectivity index is 3.69.